The summed E-state index contributed by atoms with van der Waals surface area (Å²) in [6, 6.07) is 0.454. The molecule has 0 aromatic heterocycles. The fraction of sp³-hybridized carbons (Fsp3) is 0.933. The summed E-state index contributed by atoms with van der Waals surface area (Å²) in [6.45, 7) is 11.0. The summed E-state index contributed by atoms with van der Waals surface area (Å²) in [4.78, 5) is 14.6. The highest BCUT2D eigenvalue weighted by Gasteiger charge is 2.40. The first-order valence-electron chi connectivity index (χ1n) is 7.63. The number of hydrogen-bond donors (Lipinski definition) is 1. The van der Waals surface area contributed by atoms with Crippen LogP contribution in [0.3, 0.4) is 0 Å². The maximum atomic E-state index is 12.5. The molecule has 0 saturated carbocycles. The molecule has 18 heavy (non-hydrogen) atoms. The van der Waals surface area contributed by atoms with Crippen LogP contribution in [0.15, 0.2) is 0 Å². The summed E-state index contributed by atoms with van der Waals surface area (Å²) in [5, 5.41) is 3.55. The summed E-state index contributed by atoms with van der Waals surface area (Å²) in [7, 11) is 0. The van der Waals surface area contributed by atoms with Gasteiger partial charge in [-0.1, -0.05) is 41.0 Å². The van der Waals surface area contributed by atoms with Crippen molar-refractivity contribution in [2.75, 3.05) is 0 Å². The Morgan fingerprint density at radius 2 is 1.83 bits per heavy atom. The first kappa shape index (κ1) is 15.5. The number of nitrogens with zero attached hydrogens (tertiary/aromatic N) is 1. The Morgan fingerprint density at radius 1 is 1.22 bits per heavy atom. The normalized spacial score (nSPS) is 24.6. The monoisotopic (exact) mass is 254 g/mol. The summed E-state index contributed by atoms with van der Waals surface area (Å²) < 4.78 is 0. The lowest BCUT2D eigenvalue weighted by Crippen LogP contribution is -2.44. The Kier molecular flexibility index (Phi) is 6.13. The van der Waals surface area contributed by atoms with E-state index in [1.54, 1.807) is 0 Å². The van der Waals surface area contributed by atoms with Crippen LogP contribution in [-0.4, -0.2) is 29.1 Å². The van der Waals surface area contributed by atoms with Crippen LogP contribution in [0, 0.1) is 5.92 Å². The van der Waals surface area contributed by atoms with Crippen LogP contribution in [0.2, 0.25) is 0 Å². The number of rotatable bonds is 7. The average molecular weight is 254 g/mol. The van der Waals surface area contributed by atoms with Gasteiger partial charge in [-0.25, -0.2) is 0 Å². The van der Waals surface area contributed by atoms with Crippen molar-refractivity contribution in [2.45, 2.75) is 85.0 Å². The van der Waals surface area contributed by atoms with E-state index < -0.39 is 0 Å². The van der Waals surface area contributed by atoms with Crippen molar-refractivity contribution in [2.24, 2.45) is 5.92 Å². The molecule has 1 heterocycles. The van der Waals surface area contributed by atoms with E-state index in [0.29, 0.717) is 17.9 Å². The minimum absolute atomic E-state index is 0.0550. The molecule has 1 N–H and O–H groups in total. The van der Waals surface area contributed by atoms with E-state index in [1.165, 1.54) is 0 Å². The molecule has 1 amide bonds. The molecule has 0 bridgehead atoms. The first-order valence-corrected chi connectivity index (χ1v) is 7.63. The van der Waals surface area contributed by atoms with Crippen molar-refractivity contribution in [3.63, 3.8) is 0 Å². The highest BCUT2D eigenvalue weighted by molar-refractivity contribution is 5.84. The van der Waals surface area contributed by atoms with Crippen LogP contribution in [0.1, 0.15) is 66.7 Å². The van der Waals surface area contributed by atoms with Gasteiger partial charge in [0.1, 0.15) is 0 Å². The Morgan fingerprint density at radius 3 is 2.28 bits per heavy atom. The third-order valence-electron chi connectivity index (χ3n) is 3.89. The van der Waals surface area contributed by atoms with E-state index in [9.17, 15) is 4.79 Å². The second-order valence-corrected chi connectivity index (χ2v) is 5.87. The fourth-order valence-corrected chi connectivity index (χ4v) is 2.96. The van der Waals surface area contributed by atoms with Gasteiger partial charge in [-0.15, -0.1) is 0 Å². The molecule has 1 fully saturated rings. The zero-order valence-corrected chi connectivity index (χ0v) is 12.7. The van der Waals surface area contributed by atoms with Crippen LogP contribution < -0.4 is 5.32 Å². The molecular weight excluding hydrogens is 224 g/mol. The van der Waals surface area contributed by atoms with Gasteiger partial charge < -0.3 is 4.90 Å². The van der Waals surface area contributed by atoms with Crippen LogP contribution in [0.4, 0.5) is 0 Å². The van der Waals surface area contributed by atoms with Crippen molar-refractivity contribution in [1.82, 2.24) is 10.2 Å². The topological polar surface area (TPSA) is 32.3 Å². The molecule has 0 aromatic carbocycles. The van der Waals surface area contributed by atoms with Crippen molar-refractivity contribution >= 4 is 5.91 Å². The number of carbonyl (C=O) groups excluding carboxylic acids is 1. The smallest absolute Gasteiger partial charge is 0.241 e. The van der Waals surface area contributed by atoms with E-state index in [1.807, 2.05) is 0 Å². The van der Waals surface area contributed by atoms with E-state index in [-0.39, 0.29) is 12.2 Å². The Bertz CT molecular complexity index is 261. The predicted molar refractivity (Wildman–Crippen MR) is 76.3 cm³/mol. The second kappa shape index (κ2) is 7.13. The number of hydrogen-bond acceptors (Lipinski definition) is 2. The van der Waals surface area contributed by atoms with Crippen molar-refractivity contribution in [3.8, 4) is 0 Å². The molecule has 3 heteroatoms. The number of amides is 1. The van der Waals surface area contributed by atoms with Crippen LogP contribution in [0.25, 0.3) is 0 Å². The lowest BCUT2D eigenvalue weighted by molar-refractivity contribution is -0.132. The molecule has 0 spiro atoms. The predicted octanol–water partition coefficient (Wildman–Crippen LogP) is 3.15. The van der Waals surface area contributed by atoms with Crippen LogP contribution in [0.5, 0.6) is 0 Å². The maximum absolute atomic E-state index is 12.5. The summed E-state index contributed by atoms with van der Waals surface area (Å²) in [5.74, 6) is 0.948. The van der Waals surface area contributed by atoms with Crippen molar-refractivity contribution in [3.05, 3.63) is 0 Å². The molecule has 2 unspecified atom stereocenters. The van der Waals surface area contributed by atoms with Gasteiger partial charge >= 0.3 is 0 Å². The minimum Gasteiger partial charge on any atom is -0.323 e. The molecule has 0 radical (unpaired) electrons. The average Bonchev–Trinajstić information content (AvgIpc) is 2.59. The van der Waals surface area contributed by atoms with Gasteiger partial charge in [0, 0.05) is 6.04 Å². The lowest BCUT2D eigenvalue weighted by Gasteiger charge is -2.32. The Balaban J connectivity index is 2.81. The number of nitrogens with one attached hydrogen (secondary N) is 1. The van der Waals surface area contributed by atoms with Gasteiger partial charge in [0.25, 0.3) is 0 Å². The van der Waals surface area contributed by atoms with Gasteiger partial charge in [0.15, 0.2) is 0 Å². The molecule has 1 rings (SSSR count). The van der Waals surface area contributed by atoms with E-state index in [2.05, 4.69) is 44.8 Å². The summed E-state index contributed by atoms with van der Waals surface area (Å²) in [5.41, 5.74) is 0. The lowest BCUT2D eigenvalue weighted by atomic mass is 10.1. The molecule has 1 aliphatic heterocycles. The van der Waals surface area contributed by atoms with E-state index in [4.69, 9.17) is 0 Å². The minimum atomic E-state index is 0.0550. The van der Waals surface area contributed by atoms with Crippen LogP contribution in [-0.2, 0) is 4.79 Å². The van der Waals surface area contributed by atoms with E-state index in [0.717, 1.165) is 32.1 Å². The zero-order chi connectivity index (χ0) is 13.7. The molecule has 0 aromatic rings. The molecule has 1 aliphatic rings. The van der Waals surface area contributed by atoms with Crippen molar-refractivity contribution < 1.29 is 4.79 Å². The Labute approximate surface area is 112 Å². The first-order chi connectivity index (χ1) is 8.54. The third-order valence-corrected chi connectivity index (χ3v) is 3.89. The second-order valence-electron chi connectivity index (χ2n) is 5.87. The highest BCUT2D eigenvalue weighted by Crippen LogP contribution is 2.24. The van der Waals surface area contributed by atoms with Crippen molar-refractivity contribution in [1.29, 1.82) is 0 Å². The van der Waals surface area contributed by atoms with Gasteiger partial charge in [0.05, 0.1) is 12.2 Å². The maximum Gasteiger partial charge on any atom is 0.241 e. The quantitative estimate of drug-likeness (QED) is 0.757. The molecule has 106 valence electrons. The zero-order valence-electron chi connectivity index (χ0n) is 12.7. The molecular formula is C15H30N2O. The van der Waals surface area contributed by atoms with Gasteiger partial charge in [-0.3, -0.25) is 10.1 Å². The van der Waals surface area contributed by atoms with Gasteiger partial charge in [0.2, 0.25) is 5.91 Å². The number of carbonyl (C=O) groups is 1. The SMILES string of the molecule is CCCC1NC(CC(C)C)N(C(CC)CC)C1=O. The molecule has 3 nitrogen and oxygen atoms in total. The molecule has 0 aliphatic carbocycles. The largest absolute Gasteiger partial charge is 0.323 e. The van der Waals surface area contributed by atoms with Crippen LogP contribution >= 0.6 is 0 Å². The highest BCUT2D eigenvalue weighted by atomic mass is 16.2. The summed E-state index contributed by atoms with van der Waals surface area (Å²) >= 11 is 0. The molecule has 1 saturated heterocycles. The van der Waals surface area contributed by atoms with Gasteiger partial charge in [-0.2, -0.15) is 0 Å². The Hall–Kier alpha value is -0.570. The van der Waals surface area contributed by atoms with Gasteiger partial charge in [-0.05, 0) is 31.6 Å². The fourth-order valence-electron chi connectivity index (χ4n) is 2.96. The summed E-state index contributed by atoms with van der Waals surface area (Å²) in [6.07, 6.45) is 5.44. The standard InChI is InChI=1S/C15H30N2O/c1-6-9-13-15(18)17(12(7-2)8-3)14(16-13)10-11(4)5/h11-14,16H,6-10H2,1-5H3. The van der Waals surface area contributed by atoms with E-state index >= 15 is 0 Å². The molecule has 2 atom stereocenters. The third kappa shape index (κ3) is 3.47.